The molecule has 19 heavy (non-hydrogen) atoms. The van der Waals surface area contributed by atoms with Crippen LogP contribution in [0.5, 0.6) is 5.75 Å². The molecule has 0 aliphatic carbocycles. The summed E-state index contributed by atoms with van der Waals surface area (Å²) in [5, 5.41) is 13.9. The fourth-order valence-electron chi connectivity index (χ4n) is 1.94. The SMILES string of the molecule is Cc1ccc(C(C)Nc2cc(Br)ccc2Cl)c(O)c1. The maximum absolute atomic E-state index is 9.98. The van der Waals surface area contributed by atoms with Crippen LogP contribution in [-0.2, 0) is 0 Å². The fraction of sp³-hybridized carbons (Fsp3) is 0.200. The van der Waals surface area contributed by atoms with Gasteiger partial charge < -0.3 is 10.4 Å². The lowest BCUT2D eigenvalue weighted by Gasteiger charge is -2.18. The molecule has 0 saturated heterocycles. The molecule has 4 heteroatoms. The molecule has 0 radical (unpaired) electrons. The number of phenolic OH excluding ortho intramolecular Hbond substituents is 1. The van der Waals surface area contributed by atoms with E-state index in [1.54, 1.807) is 6.07 Å². The van der Waals surface area contributed by atoms with E-state index >= 15 is 0 Å². The molecule has 1 atom stereocenters. The lowest BCUT2D eigenvalue weighted by molar-refractivity contribution is 0.465. The van der Waals surface area contributed by atoms with E-state index in [2.05, 4.69) is 21.2 Å². The normalized spacial score (nSPS) is 12.2. The first kappa shape index (κ1) is 14.2. The van der Waals surface area contributed by atoms with Gasteiger partial charge in [0.1, 0.15) is 5.75 Å². The lowest BCUT2D eigenvalue weighted by Crippen LogP contribution is -2.07. The van der Waals surface area contributed by atoms with Crippen molar-refractivity contribution in [1.82, 2.24) is 0 Å². The molecule has 0 aliphatic rings. The Kier molecular flexibility index (Phi) is 4.38. The van der Waals surface area contributed by atoms with E-state index in [0.717, 1.165) is 21.3 Å². The van der Waals surface area contributed by atoms with Gasteiger partial charge in [0.25, 0.3) is 0 Å². The van der Waals surface area contributed by atoms with Crippen molar-refractivity contribution in [2.75, 3.05) is 5.32 Å². The van der Waals surface area contributed by atoms with E-state index in [-0.39, 0.29) is 6.04 Å². The van der Waals surface area contributed by atoms with E-state index in [1.807, 2.05) is 44.2 Å². The first-order valence-electron chi connectivity index (χ1n) is 5.98. The number of benzene rings is 2. The van der Waals surface area contributed by atoms with Crippen LogP contribution in [0, 0.1) is 6.92 Å². The van der Waals surface area contributed by atoms with Crippen LogP contribution in [0.2, 0.25) is 5.02 Å². The number of aryl methyl sites for hydroxylation is 1. The van der Waals surface area contributed by atoms with Gasteiger partial charge in [-0.3, -0.25) is 0 Å². The zero-order chi connectivity index (χ0) is 14.0. The smallest absolute Gasteiger partial charge is 0.121 e. The van der Waals surface area contributed by atoms with Gasteiger partial charge in [0.05, 0.1) is 16.8 Å². The van der Waals surface area contributed by atoms with Crippen molar-refractivity contribution >= 4 is 33.2 Å². The highest BCUT2D eigenvalue weighted by molar-refractivity contribution is 9.10. The van der Waals surface area contributed by atoms with Crippen LogP contribution < -0.4 is 5.32 Å². The van der Waals surface area contributed by atoms with Crippen molar-refractivity contribution in [2.45, 2.75) is 19.9 Å². The van der Waals surface area contributed by atoms with Gasteiger partial charge >= 0.3 is 0 Å². The minimum atomic E-state index is -0.0348. The molecule has 2 aromatic rings. The Morgan fingerprint density at radius 2 is 1.95 bits per heavy atom. The fourth-order valence-corrected chi connectivity index (χ4v) is 2.47. The summed E-state index contributed by atoms with van der Waals surface area (Å²) in [7, 11) is 0. The van der Waals surface area contributed by atoms with Crippen LogP contribution in [0.3, 0.4) is 0 Å². The van der Waals surface area contributed by atoms with Crippen molar-refractivity contribution in [2.24, 2.45) is 0 Å². The summed E-state index contributed by atoms with van der Waals surface area (Å²) in [5.74, 6) is 0.297. The molecule has 0 saturated carbocycles. The van der Waals surface area contributed by atoms with Gasteiger partial charge in [-0.1, -0.05) is 39.7 Å². The molecule has 2 N–H and O–H groups in total. The Bertz CT molecular complexity index is 601. The van der Waals surface area contributed by atoms with E-state index < -0.39 is 0 Å². The van der Waals surface area contributed by atoms with Crippen molar-refractivity contribution in [1.29, 1.82) is 0 Å². The van der Waals surface area contributed by atoms with Crippen LogP contribution >= 0.6 is 27.5 Å². The minimum absolute atomic E-state index is 0.0348. The van der Waals surface area contributed by atoms with Gasteiger partial charge in [0.2, 0.25) is 0 Å². The topological polar surface area (TPSA) is 32.3 Å². The Labute approximate surface area is 126 Å². The number of hydrogen-bond donors (Lipinski definition) is 2. The summed E-state index contributed by atoms with van der Waals surface area (Å²) in [5.41, 5.74) is 2.72. The third-order valence-corrected chi connectivity index (χ3v) is 3.78. The van der Waals surface area contributed by atoms with Gasteiger partial charge in [-0.05, 0) is 43.7 Å². The van der Waals surface area contributed by atoms with E-state index in [9.17, 15) is 5.11 Å². The lowest BCUT2D eigenvalue weighted by atomic mass is 10.0. The second-order valence-electron chi connectivity index (χ2n) is 4.55. The van der Waals surface area contributed by atoms with Crippen LogP contribution in [-0.4, -0.2) is 5.11 Å². The van der Waals surface area contributed by atoms with Crippen LogP contribution in [0.4, 0.5) is 5.69 Å². The molecule has 2 nitrogen and oxygen atoms in total. The molecule has 1 unspecified atom stereocenters. The molecule has 0 bridgehead atoms. The van der Waals surface area contributed by atoms with Crippen molar-refractivity contribution in [3.8, 4) is 5.75 Å². The molecular formula is C15H15BrClNO. The summed E-state index contributed by atoms with van der Waals surface area (Å²) in [6, 6.07) is 11.3. The Morgan fingerprint density at radius 1 is 1.21 bits per heavy atom. The van der Waals surface area contributed by atoms with Gasteiger partial charge in [0.15, 0.2) is 0 Å². The largest absolute Gasteiger partial charge is 0.508 e. The Morgan fingerprint density at radius 3 is 2.63 bits per heavy atom. The predicted molar refractivity (Wildman–Crippen MR) is 84.0 cm³/mol. The number of anilines is 1. The maximum Gasteiger partial charge on any atom is 0.121 e. The number of rotatable bonds is 3. The highest BCUT2D eigenvalue weighted by Crippen LogP contribution is 2.32. The number of aromatic hydroxyl groups is 1. The second kappa shape index (κ2) is 5.85. The summed E-state index contributed by atoms with van der Waals surface area (Å²) in [6.45, 7) is 3.94. The van der Waals surface area contributed by atoms with Gasteiger partial charge in [-0.15, -0.1) is 0 Å². The average molecular weight is 341 g/mol. The summed E-state index contributed by atoms with van der Waals surface area (Å²) < 4.78 is 0.958. The van der Waals surface area contributed by atoms with Crippen molar-refractivity contribution in [3.05, 3.63) is 57.0 Å². The molecule has 2 rings (SSSR count). The van der Waals surface area contributed by atoms with Crippen molar-refractivity contribution in [3.63, 3.8) is 0 Å². The molecule has 0 aliphatic heterocycles. The second-order valence-corrected chi connectivity index (χ2v) is 5.88. The average Bonchev–Trinajstić information content (AvgIpc) is 2.33. The molecule has 2 aromatic carbocycles. The van der Waals surface area contributed by atoms with Crippen LogP contribution in [0.25, 0.3) is 0 Å². The zero-order valence-electron chi connectivity index (χ0n) is 10.7. The Balaban J connectivity index is 2.25. The highest BCUT2D eigenvalue weighted by atomic mass is 79.9. The third-order valence-electron chi connectivity index (χ3n) is 2.95. The van der Waals surface area contributed by atoms with Gasteiger partial charge in [-0.2, -0.15) is 0 Å². The quantitative estimate of drug-likeness (QED) is 0.795. The van der Waals surface area contributed by atoms with Crippen LogP contribution in [0.1, 0.15) is 24.1 Å². The van der Waals surface area contributed by atoms with Gasteiger partial charge in [-0.25, -0.2) is 0 Å². The van der Waals surface area contributed by atoms with Crippen LogP contribution in [0.15, 0.2) is 40.9 Å². The first-order valence-corrected chi connectivity index (χ1v) is 7.15. The van der Waals surface area contributed by atoms with E-state index in [0.29, 0.717) is 10.8 Å². The molecule has 0 amide bonds. The minimum Gasteiger partial charge on any atom is -0.508 e. The summed E-state index contributed by atoms with van der Waals surface area (Å²) >= 11 is 9.57. The Hall–Kier alpha value is -1.19. The zero-order valence-corrected chi connectivity index (χ0v) is 13.1. The predicted octanol–water partition coefficient (Wildman–Crippen LogP) is 5.29. The highest BCUT2D eigenvalue weighted by Gasteiger charge is 2.12. The summed E-state index contributed by atoms with van der Waals surface area (Å²) in [6.07, 6.45) is 0. The summed E-state index contributed by atoms with van der Waals surface area (Å²) in [4.78, 5) is 0. The molecule has 0 fully saturated rings. The van der Waals surface area contributed by atoms with E-state index in [4.69, 9.17) is 11.6 Å². The van der Waals surface area contributed by atoms with Crippen molar-refractivity contribution < 1.29 is 5.11 Å². The number of phenols is 1. The first-order chi connectivity index (χ1) is 8.97. The number of nitrogens with one attached hydrogen (secondary N) is 1. The molecule has 0 heterocycles. The van der Waals surface area contributed by atoms with Gasteiger partial charge in [0, 0.05) is 10.0 Å². The molecule has 100 valence electrons. The molecular weight excluding hydrogens is 326 g/mol. The molecule has 0 spiro atoms. The van der Waals surface area contributed by atoms with E-state index in [1.165, 1.54) is 0 Å². The third kappa shape index (κ3) is 3.43. The number of halogens is 2. The maximum atomic E-state index is 9.98. The number of hydrogen-bond acceptors (Lipinski definition) is 2. The standard InChI is InChI=1S/C15H15BrClNO/c1-9-3-5-12(15(19)7-9)10(2)18-14-8-11(16)4-6-13(14)17/h3-8,10,18-19H,1-2H3. The monoisotopic (exact) mass is 339 g/mol. The molecule has 0 aromatic heterocycles.